The molecule has 0 unspecified atom stereocenters. The van der Waals surface area contributed by atoms with E-state index in [0.29, 0.717) is 0 Å². The molecule has 0 bridgehead atoms. The molecule has 1 radical (unpaired) electrons. The highest BCUT2D eigenvalue weighted by molar-refractivity contribution is 5.67. The first-order valence-electron chi connectivity index (χ1n) is 5.56. The number of ether oxygens (including phenoxy) is 1. The average molecular weight is 232 g/mol. The summed E-state index contributed by atoms with van der Waals surface area (Å²) < 4.78 is 5.07. The summed E-state index contributed by atoms with van der Waals surface area (Å²) in [6, 6.07) is 9.31. The van der Waals surface area contributed by atoms with Gasteiger partial charge in [-0.05, 0) is 18.4 Å². The molecule has 2 atom stereocenters. The average Bonchev–Trinajstić information content (AvgIpc) is 2.36. The van der Waals surface area contributed by atoms with Crippen molar-refractivity contribution in [1.82, 2.24) is 5.32 Å². The standard InChI is InChI=1S/C14H18NO2/c1-4-11(2)12(3)15-14(16)17-10-13-8-6-5-7-9-13/h4-9,11-12H,1,3,10H2,2H3,(H,15,16)/t11-,12+/m0/s1. The fourth-order valence-electron chi connectivity index (χ4n) is 1.21. The molecule has 1 rings (SSSR count). The Bertz CT molecular complexity index is 362. The van der Waals surface area contributed by atoms with Crippen molar-refractivity contribution in [2.75, 3.05) is 0 Å². The van der Waals surface area contributed by atoms with E-state index in [2.05, 4.69) is 18.8 Å². The Balaban J connectivity index is 2.33. The van der Waals surface area contributed by atoms with Crippen molar-refractivity contribution in [3.63, 3.8) is 0 Å². The van der Waals surface area contributed by atoms with Crippen molar-refractivity contribution in [2.24, 2.45) is 5.92 Å². The second kappa shape index (κ2) is 6.74. The lowest BCUT2D eigenvalue weighted by Gasteiger charge is -2.17. The smallest absolute Gasteiger partial charge is 0.407 e. The van der Waals surface area contributed by atoms with E-state index >= 15 is 0 Å². The summed E-state index contributed by atoms with van der Waals surface area (Å²) in [6.07, 6.45) is 1.29. The van der Waals surface area contributed by atoms with Crippen LogP contribution in [0.3, 0.4) is 0 Å². The van der Waals surface area contributed by atoms with Gasteiger partial charge in [-0.25, -0.2) is 4.79 Å². The lowest BCUT2D eigenvalue weighted by molar-refractivity contribution is 0.136. The van der Waals surface area contributed by atoms with Gasteiger partial charge in [-0.15, -0.1) is 6.58 Å². The maximum absolute atomic E-state index is 11.4. The molecule has 1 amide bonds. The highest BCUT2D eigenvalue weighted by atomic mass is 16.5. The number of benzene rings is 1. The van der Waals surface area contributed by atoms with Crippen molar-refractivity contribution < 1.29 is 9.53 Å². The van der Waals surface area contributed by atoms with Crippen LogP contribution in [0.15, 0.2) is 43.0 Å². The Kier molecular flexibility index (Phi) is 5.27. The SMILES string of the molecule is [CH2][C@@H](NC(=O)OCc1ccccc1)[C@@H](C)C=C. The van der Waals surface area contributed by atoms with Gasteiger partial charge in [0.05, 0.1) is 0 Å². The van der Waals surface area contributed by atoms with Gasteiger partial charge in [-0.1, -0.05) is 43.3 Å². The number of nitrogens with one attached hydrogen (secondary N) is 1. The van der Waals surface area contributed by atoms with Crippen LogP contribution in [0.2, 0.25) is 0 Å². The fourth-order valence-corrected chi connectivity index (χ4v) is 1.21. The molecule has 0 saturated carbocycles. The third kappa shape index (κ3) is 4.72. The summed E-state index contributed by atoms with van der Waals surface area (Å²) in [5.74, 6) is 0.110. The van der Waals surface area contributed by atoms with Crippen LogP contribution in [-0.2, 0) is 11.3 Å². The van der Waals surface area contributed by atoms with Gasteiger partial charge in [0.1, 0.15) is 6.61 Å². The Morgan fingerprint density at radius 1 is 1.47 bits per heavy atom. The first-order chi connectivity index (χ1) is 8.13. The molecular weight excluding hydrogens is 214 g/mol. The molecule has 0 aromatic heterocycles. The molecule has 0 aliphatic heterocycles. The van der Waals surface area contributed by atoms with Crippen LogP contribution in [0, 0.1) is 12.8 Å². The first-order valence-corrected chi connectivity index (χ1v) is 5.56. The predicted molar refractivity (Wildman–Crippen MR) is 68.3 cm³/mol. The Labute approximate surface area is 102 Å². The molecule has 17 heavy (non-hydrogen) atoms. The molecule has 1 aromatic rings. The number of rotatable bonds is 5. The van der Waals surface area contributed by atoms with Crippen LogP contribution in [-0.4, -0.2) is 12.1 Å². The molecule has 1 N–H and O–H groups in total. The Morgan fingerprint density at radius 2 is 2.12 bits per heavy atom. The quantitative estimate of drug-likeness (QED) is 0.793. The van der Waals surface area contributed by atoms with E-state index in [1.807, 2.05) is 37.3 Å². The highest BCUT2D eigenvalue weighted by Gasteiger charge is 2.12. The monoisotopic (exact) mass is 232 g/mol. The number of carbonyl (C=O) groups is 1. The highest BCUT2D eigenvalue weighted by Crippen LogP contribution is 2.04. The lowest BCUT2D eigenvalue weighted by Crippen LogP contribution is -2.36. The lowest BCUT2D eigenvalue weighted by atomic mass is 10.1. The number of hydrogen-bond donors (Lipinski definition) is 1. The fraction of sp³-hybridized carbons (Fsp3) is 0.286. The molecule has 0 heterocycles. The first kappa shape index (κ1) is 13.3. The van der Waals surface area contributed by atoms with Crippen molar-refractivity contribution in [1.29, 1.82) is 0 Å². The topological polar surface area (TPSA) is 38.3 Å². The zero-order chi connectivity index (χ0) is 12.7. The second-order valence-electron chi connectivity index (χ2n) is 3.91. The van der Waals surface area contributed by atoms with Gasteiger partial charge in [0.25, 0.3) is 0 Å². The normalized spacial score (nSPS) is 13.5. The van der Waals surface area contributed by atoms with Crippen molar-refractivity contribution in [3.8, 4) is 0 Å². The second-order valence-corrected chi connectivity index (χ2v) is 3.91. The molecule has 3 nitrogen and oxygen atoms in total. The number of amides is 1. The van der Waals surface area contributed by atoms with Crippen LogP contribution in [0.4, 0.5) is 4.79 Å². The van der Waals surface area contributed by atoms with Crippen LogP contribution < -0.4 is 5.32 Å². The predicted octanol–water partition coefficient (Wildman–Crippen LogP) is 2.94. The van der Waals surface area contributed by atoms with Gasteiger partial charge >= 0.3 is 6.09 Å². The number of carbonyl (C=O) groups excluding carboxylic acids is 1. The summed E-state index contributed by atoms with van der Waals surface area (Å²) in [7, 11) is 0. The molecule has 0 aliphatic rings. The maximum atomic E-state index is 11.4. The minimum Gasteiger partial charge on any atom is -0.445 e. The summed E-state index contributed by atoms with van der Waals surface area (Å²) >= 11 is 0. The molecule has 0 saturated heterocycles. The van der Waals surface area contributed by atoms with Crippen LogP contribution in [0.25, 0.3) is 0 Å². The largest absolute Gasteiger partial charge is 0.445 e. The van der Waals surface area contributed by atoms with Crippen LogP contribution >= 0.6 is 0 Å². The molecule has 0 fully saturated rings. The van der Waals surface area contributed by atoms with Crippen LogP contribution in [0.1, 0.15) is 12.5 Å². The Morgan fingerprint density at radius 3 is 2.71 bits per heavy atom. The van der Waals surface area contributed by atoms with Gasteiger partial charge in [0.15, 0.2) is 0 Å². The van der Waals surface area contributed by atoms with Crippen LogP contribution in [0.5, 0.6) is 0 Å². The third-order valence-corrected chi connectivity index (χ3v) is 2.52. The van der Waals surface area contributed by atoms with E-state index in [1.165, 1.54) is 0 Å². The van der Waals surface area contributed by atoms with Gasteiger partial charge < -0.3 is 10.1 Å². The van der Waals surface area contributed by atoms with E-state index in [9.17, 15) is 4.79 Å². The summed E-state index contributed by atoms with van der Waals surface area (Å²) in [5.41, 5.74) is 0.958. The van der Waals surface area contributed by atoms with Gasteiger partial charge in [0, 0.05) is 6.04 Å². The summed E-state index contributed by atoms with van der Waals surface area (Å²) in [6.45, 7) is 9.67. The molecule has 0 aliphatic carbocycles. The van der Waals surface area contributed by atoms with Crippen molar-refractivity contribution >= 4 is 6.09 Å². The minimum absolute atomic E-state index is 0.110. The van der Waals surface area contributed by atoms with E-state index in [1.54, 1.807) is 6.08 Å². The molecule has 91 valence electrons. The van der Waals surface area contributed by atoms with E-state index < -0.39 is 6.09 Å². The van der Waals surface area contributed by atoms with Crippen molar-refractivity contribution in [2.45, 2.75) is 19.6 Å². The van der Waals surface area contributed by atoms with Gasteiger partial charge in [0.2, 0.25) is 0 Å². The maximum Gasteiger partial charge on any atom is 0.407 e. The zero-order valence-electron chi connectivity index (χ0n) is 10.1. The molecular formula is C14H18NO2. The molecule has 1 aromatic carbocycles. The van der Waals surface area contributed by atoms with E-state index in [4.69, 9.17) is 4.74 Å². The molecule has 0 spiro atoms. The third-order valence-electron chi connectivity index (χ3n) is 2.52. The number of alkyl carbamates (subject to hydrolysis) is 1. The summed E-state index contributed by atoms with van der Waals surface area (Å²) in [5, 5.41) is 2.66. The molecule has 3 heteroatoms. The van der Waals surface area contributed by atoms with E-state index in [-0.39, 0.29) is 18.6 Å². The summed E-state index contributed by atoms with van der Waals surface area (Å²) in [4.78, 5) is 11.4. The Hall–Kier alpha value is -1.77. The van der Waals surface area contributed by atoms with Gasteiger partial charge in [-0.2, -0.15) is 0 Å². The number of hydrogen-bond acceptors (Lipinski definition) is 2. The van der Waals surface area contributed by atoms with E-state index in [0.717, 1.165) is 5.56 Å². The van der Waals surface area contributed by atoms with Crippen molar-refractivity contribution in [3.05, 3.63) is 55.5 Å². The van der Waals surface area contributed by atoms with Gasteiger partial charge in [-0.3, -0.25) is 0 Å². The zero-order valence-corrected chi connectivity index (χ0v) is 10.1. The minimum atomic E-state index is -0.456.